The topological polar surface area (TPSA) is 54.7 Å². The second kappa shape index (κ2) is 5.16. The molecule has 4 rings (SSSR count). The number of rotatable bonds is 2. The molecule has 2 aliphatic rings. The number of nitrogens with one attached hydrogen (secondary N) is 1. The number of nitrogens with zero attached hydrogens (tertiary/aromatic N) is 1. The first-order valence-corrected chi connectivity index (χ1v) is 7.38. The van der Waals surface area contributed by atoms with Crippen molar-refractivity contribution in [3.8, 4) is 0 Å². The number of fused-ring (bicyclic) bond motifs is 2. The van der Waals surface area contributed by atoms with Crippen LogP contribution in [0.3, 0.4) is 0 Å². The van der Waals surface area contributed by atoms with Crippen molar-refractivity contribution in [1.82, 2.24) is 10.2 Å². The van der Waals surface area contributed by atoms with Crippen molar-refractivity contribution < 1.29 is 13.9 Å². The minimum Gasteiger partial charge on any atom is -0.464 e. The molecule has 2 saturated heterocycles. The Labute approximate surface area is 122 Å². The summed E-state index contributed by atoms with van der Waals surface area (Å²) in [6.45, 7) is 2.85. The third-order valence-corrected chi connectivity index (χ3v) is 4.36. The van der Waals surface area contributed by atoms with E-state index in [-0.39, 0.29) is 24.7 Å². The fraction of sp³-hybridized carbons (Fsp3) is 0.438. The molecule has 2 aromatic rings. The molecule has 1 aromatic carbocycles. The second-order valence-electron chi connectivity index (χ2n) is 5.80. The Kier molecular flexibility index (Phi) is 3.16. The van der Waals surface area contributed by atoms with Crippen molar-refractivity contribution in [3.05, 3.63) is 36.1 Å². The lowest BCUT2D eigenvalue weighted by Crippen LogP contribution is -2.60. The molecular weight excluding hydrogens is 268 g/mol. The Morgan fingerprint density at radius 1 is 1.33 bits per heavy atom. The highest BCUT2D eigenvalue weighted by atomic mass is 16.5. The number of likely N-dealkylation sites (tertiary alicyclic amines) is 1. The number of carbonyl (C=O) groups is 1. The van der Waals surface area contributed by atoms with E-state index in [9.17, 15) is 4.79 Å². The van der Waals surface area contributed by atoms with Gasteiger partial charge in [-0.1, -0.05) is 18.2 Å². The highest BCUT2D eigenvalue weighted by Gasteiger charge is 2.34. The third kappa shape index (κ3) is 2.43. The molecule has 0 bridgehead atoms. The highest BCUT2D eigenvalue weighted by molar-refractivity contribution is 5.80. The number of benzene rings is 1. The number of hydrogen-bond acceptors (Lipinski definition) is 4. The van der Waals surface area contributed by atoms with Crippen LogP contribution in [0.15, 0.2) is 34.9 Å². The van der Waals surface area contributed by atoms with E-state index < -0.39 is 0 Å². The fourth-order valence-corrected chi connectivity index (χ4v) is 3.33. The zero-order chi connectivity index (χ0) is 14.2. The SMILES string of the molecule is O=C1CO[C@H]2CCN(Cc3cccc4ccoc34)C[C@@H]2N1. The average molecular weight is 286 g/mol. The van der Waals surface area contributed by atoms with Gasteiger partial charge < -0.3 is 14.5 Å². The summed E-state index contributed by atoms with van der Waals surface area (Å²) in [6, 6.07) is 8.32. The van der Waals surface area contributed by atoms with Gasteiger partial charge in [0, 0.05) is 30.6 Å². The lowest BCUT2D eigenvalue weighted by atomic mass is 9.99. The van der Waals surface area contributed by atoms with Crippen LogP contribution in [-0.2, 0) is 16.1 Å². The first-order chi connectivity index (χ1) is 10.3. The van der Waals surface area contributed by atoms with Crippen LogP contribution in [0.4, 0.5) is 0 Å². The first kappa shape index (κ1) is 12.9. The van der Waals surface area contributed by atoms with Crippen molar-refractivity contribution in [2.45, 2.75) is 25.1 Å². The van der Waals surface area contributed by atoms with Crippen LogP contribution in [0.5, 0.6) is 0 Å². The van der Waals surface area contributed by atoms with Gasteiger partial charge in [-0.25, -0.2) is 0 Å². The van der Waals surface area contributed by atoms with Crippen LogP contribution in [0.2, 0.25) is 0 Å². The number of piperidine rings is 1. The van der Waals surface area contributed by atoms with Gasteiger partial charge in [-0.2, -0.15) is 0 Å². The van der Waals surface area contributed by atoms with Gasteiger partial charge in [0.25, 0.3) is 0 Å². The van der Waals surface area contributed by atoms with Gasteiger partial charge in [0.1, 0.15) is 12.2 Å². The van der Waals surface area contributed by atoms with Gasteiger partial charge in [0.2, 0.25) is 5.91 Å². The second-order valence-corrected chi connectivity index (χ2v) is 5.80. The standard InChI is InChI=1S/C16H18N2O3/c19-15-10-21-14-4-6-18(9-13(14)17-15)8-12-3-1-2-11-5-7-20-16(11)12/h1-3,5,7,13-14H,4,6,8-10H2,(H,17,19)/t13-,14-/m0/s1. The maximum Gasteiger partial charge on any atom is 0.246 e. The molecule has 21 heavy (non-hydrogen) atoms. The number of para-hydroxylation sites is 1. The van der Waals surface area contributed by atoms with Gasteiger partial charge in [-0.15, -0.1) is 0 Å². The molecule has 2 fully saturated rings. The summed E-state index contributed by atoms with van der Waals surface area (Å²) < 4.78 is 11.2. The van der Waals surface area contributed by atoms with Gasteiger partial charge in [-0.3, -0.25) is 9.69 Å². The predicted molar refractivity (Wildman–Crippen MR) is 77.8 cm³/mol. The summed E-state index contributed by atoms with van der Waals surface area (Å²) in [5.74, 6) is -0.00811. The van der Waals surface area contributed by atoms with E-state index in [1.54, 1.807) is 6.26 Å². The largest absolute Gasteiger partial charge is 0.464 e. The minimum absolute atomic E-state index is 0.00811. The van der Waals surface area contributed by atoms with E-state index in [2.05, 4.69) is 28.4 Å². The lowest BCUT2D eigenvalue weighted by Gasteiger charge is -2.41. The van der Waals surface area contributed by atoms with Crippen LogP contribution in [0.1, 0.15) is 12.0 Å². The number of amides is 1. The fourth-order valence-electron chi connectivity index (χ4n) is 3.33. The van der Waals surface area contributed by atoms with Crippen LogP contribution in [0, 0.1) is 0 Å². The summed E-state index contributed by atoms with van der Waals surface area (Å²) in [4.78, 5) is 13.8. The first-order valence-electron chi connectivity index (χ1n) is 7.38. The molecule has 0 radical (unpaired) electrons. The molecule has 5 nitrogen and oxygen atoms in total. The van der Waals surface area contributed by atoms with Crippen molar-refractivity contribution in [1.29, 1.82) is 0 Å². The lowest BCUT2D eigenvalue weighted by molar-refractivity contribution is -0.140. The van der Waals surface area contributed by atoms with E-state index in [0.717, 1.165) is 37.0 Å². The Hall–Kier alpha value is -1.85. The predicted octanol–water partition coefficient (Wildman–Crippen LogP) is 1.52. The quantitative estimate of drug-likeness (QED) is 0.909. The number of carbonyl (C=O) groups excluding carboxylic acids is 1. The highest BCUT2D eigenvalue weighted by Crippen LogP contribution is 2.24. The van der Waals surface area contributed by atoms with Crippen molar-refractivity contribution in [2.75, 3.05) is 19.7 Å². The van der Waals surface area contributed by atoms with Crippen LogP contribution < -0.4 is 5.32 Å². The molecule has 2 atom stereocenters. The Balaban J connectivity index is 1.50. The Morgan fingerprint density at radius 2 is 2.29 bits per heavy atom. The molecule has 3 heterocycles. The molecule has 5 heteroatoms. The van der Waals surface area contributed by atoms with Gasteiger partial charge in [-0.05, 0) is 12.5 Å². The van der Waals surface area contributed by atoms with Crippen molar-refractivity contribution in [3.63, 3.8) is 0 Å². The van der Waals surface area contributed by atoms with Gasteiger partial charge >= 0.3 is 0 Å². The van der Waals surface area contributed by atoms with Crippen LogP contribution in [-0.4, -0.2) is 42.6 Å². The molecule has 0 aliphatic carbocycles. The molecule has 0 spiro atoms. The molecular formula is C16H18N2O3. The van der Waals surface area contributed by atoms with Gasteiger partial charge in [0.15, 0.2) is 0 Å². The zero-order valence-corrected chi connectivity index (χ0v) is 11.7. The summed E-state index contributed by atoms with van der Waals surface area (Å²) in [5, 5.41) is 4.17. The maximum atomic E-state index is 11.5. The van der Waals surface area contributed by atoms with Crippen LogP contribution in [0.25, 0.3) is 11.0 Å². The van der Waals surface area contributed by atoms with E-state index in [1.807, 2.05) is 6.07 Å². The molecule has 2 aliphatic heterocycles. The van der Waals surface area contributed by atoms with Crippen LogP contribution >= 0.6 is 0 Å². The Bertz CT molecular complexity index is 666. The number of furan rings is 1. The van der Waals surface area contributed by atoms with Crippen molar-refractivity contribution in [2.24, 2.45) is 0 Å². The molecule has 1 N–H and O–H groups in total. The van der Waals surface area contributed by atoms with E-state index in [4.69, 9.17) is 9.15 Å². The molecule has 1 aromatic heterocycles. The van der Waals surface area contributed by atoms with Gasteiger partial charge in [0.05, 0.1) is 18.4 Å². The smallest absolute Gasteiger partial charge is 0.246 e. The monoisotopic (exact) mass is 286 g/mol. The summed E-state index contributed by atoms with van der Waals surface area (Å²) >= 11 is 0. The maximum absolute atomic E-state index is 11.5. The Morgan fingerprint density at radius 3 is 3.24 bits per heavy atom. The number of hydrogen-bond donors (Lipinski definition) is 1. The van der Waals surface area contributed by atoms with Crippen molar-refractivity contribution >= 4 is 16.9 Å². The van der Waals surface area contributed by atoms with E-state index >= 15 is 0 Å². The number of morpholine rings is 1. The molecule has 0 saturated carbocycles. The molecule has 1 amide bonds. The molecule has 0 unspecified atom stereocenters. The summed E-state index contributed by atoms with van der Waals surface area (Å²) in [6.07, 6.45) is 2.85. The third-order valence-electron chi connectivity index (χ3n) is 4.36. The van der Waals surface area contributed by atoms with E-state index in [1.165, 1.54) is 5.56 Å². The molecule has 110 valence electrons. The van der Waals surface area contributed by atoms with E-state index in [0.29, 0.717) is 0 Å². The minimum atomic E-state index is -0.00811. The average Bonchev–Trinajstić information content (AvgIpc) is 2.96. The summed E-state index contributed by atoms with van der Waals surface area (Å²) in [7, 11) is 0. The zero-order valence-electron chi connectivity index (χ0n) is 11.7. The normalized spacial score (nSPS) is 26.6. The number of ether oxygens (including phenoxy) is 1. The summed E-state index contributed by atoms with van der Waals surface area (Å²) in [5.41, 5.74) is 2.16.